The van der Waals surface area contributed by atoms with Crippen LogP contribution >= 0.6 is 0 Å². The summed E-state index contributed by atoms with van der Waals surface area (Å²) in [5.41, 5.74) is 2.38. The first-order valence-electron chi connectivity index (χ1n) is 5.52. The van der Waals surface area contributed by atoms with Crippen molar-refractivity contribution in [3.63, 3.8) is 0 Å². The number of hydrogen-bond donors (Lipinski definition) is 1. The highest BCUT2D eigenvalue weighted by molar-refractivity contribution is 5.78. The largest absolute Gasteiger partial charge is 0.444 e. The van der Waals surface area contributed by atoms with Gasteiger partial charge in [0, 0.05) is 17.8 Å². The molecule has 0 atom stereocenters. The first-order valence-corrected chi connectivity index (χ1v) is 5.52. The predicted octanol–water partition coefficient (Wildman–Crippen LogP) is 2.70. The highest BCUT2D eigenvalue weighted by atomic mass is 16.3. The maximum atomic E-state index is 11.5. The minimum atomic E-state index is -0.149. The van der Waals surface area contributed by atoms with E-state index in [2.05, 4.69) is 9.97 Å². The van der Waals surface area contributed by atoms with Crippen molar-refractivity contribution in [2.45, 2.75) is 0 Å². The standard InChI is InChI=1S/C14H10N2O2/c17-13-8-11(10-4-2-1-3-5-10)12(9-16-13)14-15-6-7-18-14/h1-9H,(H,16,17). The molecule has 0 radical (unpaired) electrons. The second-order valence-electron chi connectivity index (χ2n) is 3.83. The summed E-state index contributed by atoms with van der Waals surface area (Å²) >= 11 is 0. The van der Waals surface area contributed by atoms with Gasteiger partial charge in [0.2, 0.25) is 11.4 Å². The van der Waals surface area contributed by atoms with Crippen molar-refractivity contribution < 1.29 is 4.42 Å². The van der Waals surface area contributed by atoms with Crippen LogP contribution in [0.3, 0.4) is 0 Å². The fourth-order valence-electron chi connectivity index (χ4n) is 1.86. The van der Waals surface area contributed by atoms with Crippen molar-refractivity contribution in [1.29, 1.82) is 0 Å². The molecule has 0 bridgehead atoms. The van der Waals surface area contributed by atoms with Crippen LogP contribution < -0.4 is 5.56 Å². The molecule has 3 rings (SSSR count). The lowest BCUT2D eigenvalue weighted by atomic mass is 10.0. The van der Waals surface area contributed by atoms with Crippen LogP contribution in [0.1, 0.15) is 0 Å². The average molecular weight is 238 g/mol. The zero-order valence-electron chi connectivity index (χ0n) is 9.46. The molecule has 2 heterocycles. The number of hydrogen-bond acceptors (Lipinski definition) is 3. The van der Waals surface area contributed by atoms with Gasteiger partial charge < -0.3 is 9.40 Å². The Morgan fingerprint density at radius 1 is 1.11 bits per heavy atom. The van der Waals surface area contributed by atoms with Crippen LogP contribution in [0.2, 0.25) is 0 Å². The zero-order chi connectivity index (χ0) is 12.4. The number of pyridine rings is 1. The van der Waals surface area contributed by atoms with Gasteiger partial charge in [-0.05, 0) is 5.56 Å². The summed E-state index contributed by atoms with van der Waals surface area (Å²) in [7, 11) is 0. The molecule has 0 saturated carbocycles. The van der Waals surface area contributed by atoms with E-state index in [-0.39, 0.29) is 5.56 Å². The van der Waals surface area contributed by atoms with Gasteiger partial charge in [-0.25, -0.2) is 4.98 Å². The third-order valence-electron chi connectivity index (χ3n) is 2.67. The van der Waals surface area contributed by atoms with Crippen molar-refractivity contribution in [2.75, 3.05) is 0 Å². The maximum absolute atomic E-state index is 11.5. The van der Waals surface area contributed by atoms with Gasteiger partial charge in [-0.15, -0.1) is 0 Å². The van der Waals surface area contributed by atoms with Gasteiger partial charge in [-0.3, -0.25) is 4.79 Å². The van der Waals surface area contributed by atoms with E-state index in [0.717, 1.165) is 16.7 Å². The Kier molecular flexibility index (Phi) is 2.53. The second-order valence-corrected chi connectivity index (χ2v) is 3.83. The molecule has 88 valence electrons. The van der Waals surface area contributed by atoms with Crippen LogP contribution in [-0.4, -0.2) is 9.97 Å². The van der Waals surface area contributed by atoms with Gasteiger partial charge in [0.15, 0.2) is 0 Å². The predicted molar refractivity (Wildman–Crippen MR) is 68.0 cm³/mol. The van der Waals surface area contributed by atoms with Crippen molar-refractivity contribution >= 4 is 0 Å². The molecule has 0 aliphatic heterocycles. The molecule has 0 amide bonds. The molecule has 4 nitrogen and oxygen atoms in total. The summed E-state index contributed by atoms with van der Waals surface area (Å²) in [5, 5.41) is 0. The van der Waals surface area contributed by atoms with E-state index in [1.165, 1.54) is 6.26 Å². The smallest absolute Gasteiger partial charge is 0.248 e. The van der Waals surface area contributed by atoms with Crippen molar-refractivity contribution in [3.8, 4) is 22.6 Å². The van der Waals surface area contributed by atoms with Gasteiger partial charge >= 0.3 is 0 Å². The van der Waals surface area contributed by atoms with E-state index < -0.39 is 0 Å². The summed E-state index contributed by atoms with van der Waals surface area (Å²) in [6, 6.07) is 11.2. The highest BCUT2D eigenvalue weighted by Crippen LogP contribution is 2.28. The van der Waals surface area contributed by atoms with E-state index >= 15 is 0 Å². The summed E-state index contributed by atoms with van der Waals surface area (Å²) in [6.07, 6.45) is 4.71. The van der Waals surface area contributed by atoms with E-state index in [1.54, 1.807) is 18.5 Å². The lowest BCUT2D eigenvalue weighted by Crippen LogP contribution is -2.04. The third kappa shape index (κ3) is 1.84. The monoisotopic (exact) mass is 238 g/mol. The number of aromatic nitrogens is 2. The number of rotatable bonds is 2. The molecule has 0 aliphatic rings. The maximum Gasteiger partial charge on any atom is 0.248 e. The van der Waals surface area contributed by atoms with Crippen LogP contribution in [0, 0.1) is 0 Å². The molecule has 18 heavy (non-hydrogen) atoms. The molecule has 0 fully saturated rings. The van der Waals surface area contributed by atoms with Crippen molar-refractivity contribution in [1.82, 2.24) is 9.97 Å². The highest BCUT2D eigenvalue weighted by Gasteiger charge is 2.11. The molecule has 0 saturated heterocycles. The molecule has 3 aromatic rings. The van der Waals surface area contributed by atoms with Crippen molar-refractivity contribution in [2.24, 2.45) is 0 Å². The summed E-state index contributed by atoms with van der Waals surface area (Å²) in [6.45, 7) is 0. The molecular formula is C14H10N2O2. The van der Waals surface area contributed by atoms with Gasteiger partial charge in [-0.1, -0.05) is 30.3 Å². The third-order valence-corrected chi connectivity index (χ3v) is 2.67. The molecule has 0 unspecified atom stereocenters. The number of nitrogens with one attached hydrogen (secondary N) is 1. The van der Waals surface area contributed by atoms with Crippen LogP contribution in [0.5, 0.6) is 0 Å². The van der Waals surface area contributed by atoms with Crippen LogP contribution in [0.25, 0.3) is 22.6 Å². The number of aromatic amines is 1. The Bertz CT molecular complexity index is 700. The molecule has 1 aromatic carbocycles. The van der Waals surface area contributed by atoms with E-state index in [4.69, 9.17) is 4.42 Å². The average Bonchev–Trinajstić information content (AvgIpc) is 2.93. The number of benzene rings is 1. The topological polar surface area (TPSA) is 58.9 Å². The lowest BCUT2D eigenvalue weighted by Gasteiger charge is -2.05. The minimum Gasteiger partial charge on any atom is -0.444 e. The molecule has 0 spiro atoms. The van der Waals surface area contributed by atoms with E-state index in [9.17, 15) is 4.79 Å². The molecule has 2 aromatic heterocycles. The van der Waals surface area contributed by atoms with Gasteiger partial charge in [0.05, 0.1) is 11.8 Å². The fraction of sp³-hybridized carbons (Fsp3) is 0. The first kappa shape index (κ1) is 10.5. The number of H-pyrrole nitrogens is 1. The Morgan fingerprint density at radius 3 is 2.67 bits per heavy atom. The van der Waals surface area contributed by atoms with Gasteiger partial charge in [0.25, 0.3) is 0 Å². The Labute approximate surface area is 103 Å². The normalized spacial score (nSPS) is 10.4. The summed E-state index contributed by atoms with van der Waals surface area (Å²) in [5.74, 6) is 0.491. The Hall–Kier alpha value is -2.62. The van der Waals surface area contributed by atoms with Gasteiger partial charge in [-0.2, -0.15) is 0 Å². The Morgan fingerprint density at radius 2 is 1.94 bits per heavy atom. The fourth-order valence-corrected chi connectivity index (χ4v) is 1.86. The molecule has 1 N–H and O–H groups in total. The first-order chi connectivity index (χ1) is 8.84. The number of oxazole rings is 1. The van der Waals surface area contributed by atoms with Crippen LogP contribution in [0.15, 0.2) is 64.3 Å². The minimum absolute atomic E-state index is 0.149. The Balaban J connectivity index is 2.25. The number of nitrogens with zero attached hydrogens (tertiary/aromatic N) is 1. The van der Waals surface area contributed by atoms with Crippen LogP contribution in [0.4, 0.5) is 0 Å². The van der Waals surface area contributed by atoms with E-state index in [0.29, 0.717) is 5.89 Å². The zero-order valence-corrected chi connectivity index (χ0v) is 9.46. The SMILES string of the molecule is O=c1cc(-c2ccccc2)c(-c2ncco2)c[nH]1. The molecular weight excluding hydrogens is 228 g/mol. The van der Waals surface area contributed by atoms with E-state index in [1.807, 2.05) is 30.3 Å². The molecule has 4 heteroatoms. The second kappa shape index (κ2) is 4.33. The summed E-state index contributed by atoms with van der Waals surface area (Å²) < 4.78 is 5.29. The summed E-state index contributed by atoms with van der Waals surface area (Å²) in [4.78, 5) is 18.2. The van der Waals surface area contributed by atoms with Gasteiger partial charge in [0.1, 0.15) is 6.26 Å². The quantitative estimate of drug-likeness (QED) is 0.746. The van der Waals surface area contributed by atoms with Crippen molar-refractivity contribution in [3.05, 3.63) is 65.4 Å². The van der Waals surface area contributed by atoms with Crippen LogP contribution in [-0.2, 0) is 0 Å². The molecule has 0 aliphatic carbocycles. The lowest BCUT2D eigenvalue weighted by molar-refractivity contribution is 0.574.